The number of hydrogen-bond acceptors (Lipinski definition) is 4. The van der Waals surface area contributed by atoms with Crippen molar-refractivity contribution >= 4 is 0 Å². The van der Waals surface area contributed by atoms with Gasteiger partial charge >= 0.3 is 0 Å². The van der Waals surface area contributed by atoms with Gasteiger partial charge in [0.25, 0.3) is 0 Å². The Balaban J connectivity index is -0.00000212. The van der Waals surface area contributed by atoms with E-state index in [4.69, 9.17) is 21.6 Å². The fraction of sp³-hybridized carbons (Fsp3) is 1.00. The molecule has 4 nitrogen and oxygen atoms in total. The van der Waals surface area contributed by atoms with Gasteiger partial charge in [0.05, 0.1) is 0 Å². The molecule has 0 amide bonds. The molecule has 0 radical (unpaired) electrons. The Labute approximate surface area is 285 Å². The molecule has 8 unspecified atom stereocenters. The standard InChI is InChI=1S/C37H68.4CH4.2N2/c1-11-20-34(21-12-2)27(17-7)36(24-15-5)29(19-9)37(25-16-6)28(18-8)35(22-13-3,23-14-4)31-26(10)30(34)32(36)33(31)37;;;;;2*1-2/h26-33H,11-25H2,1-10H3;4*1H4;;. The van der Waals surface area contributed by atoms with Crippen molar-refractivity contribution in [2.75, 3.05) is 0 Å². The summed E-state index contributed by atoms with van der Waals surface area (Å²) in [5.74, 6) is 7.88. The van der Waals surface area contributed by atoms with Crippen molar-refractivity contribution in [1.29, 1.82) is 21.6 Å². The molecule has 4 aliphatic carbocycles. The predicted molar refractivity (Wildman–Crippen MR) is 197 cm³/mol. The third kappa shape index (κ3) is 6.03. The van der Waals surface area contributed by atoms with E-state index in [2.05, 4.69) is 69.2 Å². The van der Waals surface area contributed by atoms with E-state index in [1.807, 2.05) is 0 Å². The van der Waals surface area contributed by atoms with Gasteiger partial charge in [-0.2, -0.15) is 0 Å². The maximum atomic E-state index is 6.00. The van der Waals surface area contributed by atoms with Crippen molar-refractivity contribution in [2.24, 2.45) is 69.0 Å². The average molecular weight is 633 g/mol. The maximum Gasteiger partial charge on any atom is 0 e. The Bertz CT molecular complexity index is 771. The molecular formula is C41H84N4. The van der Waals surface area contributed by atoms with Gasteiger partial charge in [-0.05, 0) is 108 Å². The highest BCUT2D eigenvalue weighted by atomic mass is 14.9. The fourth-order valence-corrected chi connectivity index (χ4v) is 15.6. The molecule has 4 rings (SSSR count). The summed E-state index contributed by atoms with van der Waals surface area (Å²) in [6.45, 7) is 26.0. The third-order valence-electron chi connectivity index (χ3n) is 14.3. The minimum atomic E-state index is 0. The zero-order valence-electron chi connectivity index (χ0n) is 29.0. The maximum absolute atomic E-state index is 6.00. The molecule has 0 aliphatic heterocycles. The highest BCUT2D eigenvalue weighted by Gasteiger charge is 2.86. The van der Waals surface area contributed by atoms with Crippen molar-refractivity contribution in [1.82, 2.24) is 0 Å². The first kappa shape index (κ1) is 48.2. The van der Waals surface area contributed by atoms with Crippen LogP contribution in [0.15, 0.2) is 0 Å². The summed E-state index contributed by atoms with van der Waals surface area (Å²) in [4.78, 5) is 0. The van der Waals surface area contributed by atoms with Gasteiger partial charge in [-0.25, -0.2) is 0 Å². The smallest absolute Gasteiger partial charge is 0 e. The lowest BCUT2D eigenvalue weighted by molar-refractivity contribution is -0.0758. The van der Waals surface area contributed by atoms with E-state index in [9.17, 15) is 0 Å². The SMILES string of the molecule is C.C.C.C.CCCC1(CCC)C2C(C)C3C4C2C(CCC)(C1CC)C(CC)C4(CCC)C(CC)C3(CCC)CCC.N#N.N#N. The largest absolute Gasteiger partial charge is 0.0776 e. The number of hydrogen-bond donors (Lipinski definition) is 0. The lowest BCUT2D eigenvalue weighted by atomic mass is 9.49. The van der Waals surface area contributed by atoms with Crippen LogP contribution in [-0.4, -0.2) is 0 Å². The van der Waals surface area contributed by atoms with E-state index in [0.717, 1.165) is 47.3 Å². The summed E-state index contributed by atoms with van der Waals surface area (Å²) in [5, 5.41) is 24.0. The molecule has 0 spiro atoms. The first-order valence-corrected chi connectivity index (χ1v) is 18.2. The van der Waals surface area contributed by atoms with Gasteiger partial charge in [0.1, 0.15) is 0 Å². The second-order valence-corrected chi connectivity index (χ2v) is 15.0. The molecule has 0 aromatic carbocycles. The molecule has 0 aromatic heterocycles. The highest BCUT2D eigenvalue weighted by molar-refractivity contribution is 5.34. The van der Waals surface area contributed by atoms with Crippen molar-refractivity contribution in [3.05, 3.63) is 0 Å². The van der Waals surface area contributed by atoms with Crippen LogP contribution in [0.5, 0.6) is 0 Å². The van der Waals surface area contributed by atoms with Crippen LogP contribution >= 0.6 is 0 Å². The molecule has 4 fully saturated rings. The Morgan fingerprint density at radius 3 is 0.822 bits per heavy atom. The lowest BCUT2D eigenvalue weighted by Gasteiger charge is -2.56. The van der Waals surface area contributed by atoms with E-state index in [1.165, 1.54) is 96.3 Å². The van der Waals surface area contributed by atoms with Gasteiger partial charge in [0, 0.05) is 21.6 Å². The van der Waals surface area contributed by atoms with Crippen molar-refractivity contribution < 1.29 is 0 Å². The molecule has 0 saturated heterocycles. The summed E-state index contributed by atoms with van der Waals surface area (Å²) in [6, 6.07) is 0. The van der Waals surface area contributed by atoms with Crippen molar-refractivity contribution in [3.63, 3.8) is 0 Å². The van der Waals surface area contributed by atoms with E-state index in [1.54, 1.807) is 0 Å². The van der Waals surface area contributed by atoms with Crippen LogP contribution in [0.1, 0.15) is 195 Å². The quantitative estimate of drug-likeness (QED) is 0.168. The Morgan fingerprint density at radius 2 is 0.622 bits per heavy atom. The van der Waals surface area contributed by atoms with Crippen LogP contribution in [0.25, 0.3) is 0 Å². The van der Waals surface area contributed by atoms with Crippen LogP contribution in [0, 0.1) is 90.6 Å². The van der Waals surface area contributed by atoms with E-state index in [-0.39, 0.29) is 29.7 Å². The second kappa shape index (κ2) is 19.6. The van der Waals surface area contributed by atoms with E-state index >= 15 is 0 Å². The van der Waals surface area contributed by atoms with E-state index < -0.39 is 0 Å². The van der Waals surface area contributed by atoms with Gasteiger partial charge in [-0.1, -0.05) is 157 Å². The minimum Gasteiger partial charge on any atom is -0.0776 e. The first-order chi connectivity index (χ1) is 19.8. The fourth-order valence-electron chi connectivity index (χ4n) is 15.6. The van der Waals surface area contributed by atoms with Crippen LogP contribution in [0.2, 0.25) is 0 Å². The van der Waals surface area contributed by atoms with Gasteiger partial charge in [0.2, 0.25) is 0 Å². The molecule has 0 aromatic rings. The summed E-state index contributed by atoms with van der Waals surface area (Å²) in [7, 11) is 0. The first-order valence-electron chi connectivity index (χ1n) is 18.2. The second-order valence-electron chi connectivity index (χ2n) is 15.0. The number of nitrogens with zero attached hydrogens (tertiary/aromatic N) is 4. The van der Waals surface area contributed by atoms with Crippen molar-refractivity contribution in [2.45, 2.75) is 195 Å². The van der Waals surface area contributed by atoms with Gasteiger partial charge in [-0.3, -0.25) is 0 Å². The molecular weight excluding hydrogens is 548 g/mol. The van der Waals surface area contributed by atoms with Crippen LogP contribution in [0.4, 0.5) is 0 Å². The molecule has 4 saturated carbocycles. The molecule has 4 heteroatoms. The monoisotopic (exact) mass is 633 g/mol. The van der Waals surface area contributed by atoms with Gasteiger partial charge in [-0.15, -0.1) is 0 Å². The topological polar surface area (TPSA) is 95.2 Å². The predicted octanol–water partition coefficient (Wildman–Crippen LogP) is 14.6. The summed E-state index contributed by atoms with van der Waals surface area (Å²) in [5.41, 5.74) is 2.46. The van der Waals surface area contributed by atoms with Gasteiger partial charge in [0.15, 0.2) is 0 Å². The van der Waals surface area contributed by atoms with Gasteiger partial charge < -0.3 is 0 Å². The summed E-state index contributed by atoms with van der Waals surface area (Å²) in [6.07, 6.45) is 21.9. The normalized spacial score (nSPS) is 36.8. The number of rotatable bonds is 15. The Morgan fingerprint density at radius 1 is 0.378 bits per heavy atom. The van der Waals surface area contributed by atoms with Crippen LogP contribution in [0.3, 0.4) is 0 Å². The molecule has 268 valence electrons. The zero-order chi connectivity index (χ0) is 31.2. The molecule has 45 heavy (non-hydrogen) atoms. The molecule has 0 heterocycles. The highest BCUT2D eigenvalue weighted by Crippen LogP contribution is 2.91. The Hall–Kier alpha value is -1.16. The Kier molecular flexibility index (Phi) is 21.0. The molecule has 0 N–H and O–H groups in total. The minimum absolute atomic E-state index is 0. The summed E-state index contributed by atoms with van der Waals surface area (Å²) >= 11 is 0. The van der Waals surface area contributed by atoms with E-state index in [0.29, 0.717) is 21.7 Å². The third-order valence-corrected chi connectivity index (χ3v) is 14.3. The van der Waals surface area contributed by atoms with Crippen molar-refractivity contribution in [3.8, 4) is 0 Å². The average Bonchev–Trinajstić information content (AvgIpc) is 3.56. The van der Waals surface area contributed by atoms with Crippen LogP contribution < -0.4 is 0 Å². The molecule has 8 atom stereocenters. The van der Waals surface area contributed by atoms with Crippen LogP contribution in [-0.2, 0) is 0 Å². The zero-order valence-corrected chi connectivity index (χ0v) is 29.0. The molecule has 4 aliphatic rings. The lowest BCUT2D eigenvalue weighted by Crippen LogP contribution is -2.49. The molecule has 0 bridgehead atoms. The summed E-state index contributed by atoms with van der Waals surface area (Å²) < 4.78 is 0.